The number of halogens is 3. The predicted octanol–water partition coefficient (Wildman–Crippen LogP) is 7.01. The van der Waals surface area contributed by atoms with E-state index in [4.69, 9.17) is 0 Å². The minimum atomic E-state index is -4.97. The topological polar surface area (TPSA) is 95.9 Å². The van der Waals surface area contributed by atoms with Crippen molar-refractivity contribution in [2.45, 2.75) is 41.0 Å². The summed E-state index contributed by atoms with van der Waals surface area (Å²) >= 11 is 0. The molecule has 9 heteroatoms. The van der Waals surface area contributed by atoms with E-state index in [-0.39, 0.29) is 11.4 Å². The average Bonchev–Trinajstić information content (AvgIpc) is 2.77. The van der Waals surface area contributed by atoms with Crippen LogP contribution in [0.25, 0.3) is 6.08 Å². The fourth-order valence-electron chi connectivity index (χ4n) is 3.39. The van der Waals surface area contributed by atoms with Gasteiger partial charge in [0.25, 0.3) is 0 Å². The molecule has 0 aliphatic heterocycles. The first-order valence-corrected chi connectivity index (χ1v) is 11.1. The minimum Gasteiger partial charge on any atom is -0.508 e. The van der Waals surface area contributed by atoms with E-state index >= 15 is 0 Å². The molecule has 0 saturated carbocycles. The van der Waals surface area contributed by atoms with Crippen LogP contribution < -0.4 is 10.1 Å². The number of carboxylic acids is 1. The summed E-state index contributed by atoms with van der Waals surface area (Å²) in [6.45, 7) is 9.31. The van der Waals surface area contributed by atoms with Gasteiger partial charge in [0.05, 0.1) is 11.3 Å². The van der Waals surface area contributed by atoms with Crippen LogP contribution in [0, 0.1) is 20.8 Å². The molecule has 0 heterocycles. The van der Waals surface area contributed by atoms with Crippen LogP contribution in [0.2, 0.25) is 0 Å². The molecule has 1 amide bonds. The first-order valence-electron chi connectivity index (χ1n) is 11.1. The number of amides is 1. The Labute approximate surface area is 213 Å². The van der Waals surface area contributed by atoms with E-state index in [2.05, 4.69) is 10.1 Å². The zero-order chi connectivity index (χ0) is 27.9. The summed E-state index contributed by atoms with van der Waals surface area (Å²) in [6.07, 6.45) is 5.42. The highest BCUT2D eigenvalue weighted by atomic mass is 19.4. The molecule has 0 aliphatic carbocycles. The molecule has 0 saturated heterocycles. The second-order valence-electron chi connectivity index (χ2n) is 8.42. The van der Waals surface area contributed by atoms with Crippen molar-refractivity contribution >= 4 is 23.6 Å². The number of carbonyl (C=O) groups excluding carboxylic acids is 1. The highest BCUT2D eigenvalue weighted by Crippen LogP contribution is 2.28. The number of allylic oxidation sites excluding steroid dienone is 6. The van der Waals surface area contributed by atoms with Crippen LogP contribution in [-0.2, 0) is 4.79 Å². The molecule has 2 aromatic carbocycles. The highest BCUT2D eigenvalue weighted by molar-refractivity contribution is 6.05. The lowest BCUT2D eigenvalue weighted by molar-refractivity contribution is -0.274. The zero-order valence-corrected chi connectivity index (χ0v) is 21.0. The number of nitrogens with one attached hydrogen (secondary N) is 1. The number of alkyl halides is 3. The van der Waals surface area contributed by atoms with Crippen LogP contribution in [-0.4, -0.2) is 28.5 Å². The number of ether oxygens (including phenoxy) is 1. The number of benzene rings is 2. The quantitative estimate of drug-likeness (QED) is 0.260. The van der Waals surface area contributed by atoms with E-state index in [1.54, 1.807) is 25.1 Å². The number of carboxylic acid groups (broad SMARTS) is 1. The van der Waals surface area contributed by atoms with Gasteiger partial charge in [-0.1, -0.05) is 36.0 Å². The molecule has 2 rings (SSSR count). The molecule has 6 nitrogen and oxygen atoms in total. The predicted molar refractivity (Wildman–Crippen MR) is 137 cm³/mol. The number of phenolic OH excluding ortho intramolecular Hbond substituents is 1. The van der Waals surface area contributed by atoms with Gasteiger partial charge in [0.2, 0.25) is 5.91 Å². The van der Waals surface area contributed by atoms with Crippen molar-refractivity contribution in [1.82, 2.24) is 0 Å². The van der Waals surface area contributed by atoms with Gasteiger partial charge >= 0.3 is 12.3 Å². The van der Waals surface area contributed by atoms with Gasteiger partial charge in [-0.15, -0.1) is 13.2 Å². The summed E-state index contributed by atoms with van der Waals surface area (Å²) in [5.74, 6) is -2.62. The zero-order valence-electron chi connectivity index (χ0n) is 21.0. The van der Waals surface area contributed by atoms with Gasteiger partial charge in [0.1, 0.15) is 11.5 Å². The molecule has 196 valence electrons. The number of rotatable bonds is 8. The number of hydrogen-bond donors (Lipinski definition) is 3. The third kappa shape index (κ3) is 8.71. The molecular formula is C28H28F3NO5. The summed E-state index contributed by atoms with van der Waals surface area (Å²) in [6, 6.07) is 4.35. The fraction of sp³-hybridized carbons (Fsp3) is 0.214. The van der Waals surface area contributed by atoms with Gasteiger partial charge in [-0.3, -0.25) is 4.79 Å². The third-order valence-electron chi connectivity index (χ3n) is 5.43. The number of hydrogen-bond acceptors (Lipinski definition) is 4. The van der Waals surface area contributed by atoms with Gasteiger partial charge in [-0.2, -0.15) is 0 Å². The summed E-state index contributed by atoms with van der Waals surface area (Å²) in [5.41, 5.74) is 4.58. The molecule has 3 N–H and O–H groups in total. The molecule has 0 fully saturated rings. The number of aromatic carboxylic acids is 1. The van der Waals surface area contributed by atoms with Crippen molar-refractivity contribution in [3.8, 4) is 11.5 Å². The summed E-state index contributed by atoms with van der Waals surface area (Å²) in [5, 5.41) is 21.6. The Bertz CT molecular complexity index is 1320. The maximum absolute atomic E-state index is 12.4. The SMILES string of the molecule is CC(/C=C/c1c(C)cc(O)c(C)c1C)=C\C=C\C(C)=C\C(=O)Nc1ccc(OC(F)(F)F)cc1C(=O)O. The van der Waals surface area contributed by atoms with Gasteiger partial charge in [0.15, 0.2) is 0 Å². The van der Waals surface area contributed by atoms with Crippen LogP contribution in [0.5, 0.6) is 11.5 Å². The van der Waals surface area contributed by atoms with Gasteiger partial charge < -0.3 is 20.3 Å². The van der Waals surface area contributed by atoms with Crippen LogP contribution >= 0.6 is 0 Å². The standard InChI is InChI=1S/C28H28F3NO5/c1-16(9-11-22-18(3)14-25(33)20(5)19(22)4)7-6-8-17(2)13-26(34)32-24-12-10-21(37-28(29,30)31)15-23(24)27(35)36/h6-15,33H,1-5H3,(H,32,34)(H,35,36)/b8-6+,11-9+,16-7+,17-13+. The van der Waals surface area contributed by atoms with E-state index in [0.29, 0.717) is 11.6 Å². The Morgan fingerprint density at radius 3 is 2.30 bits per heavy atom. The van der Waals surface area contributed by atoms with E-state index < -0.39 is 29.6 Å². The smallest absolute Gasteiger partial charge is 0.508 e. The molecular weight excluding hydrogens is 487 g/mol. The molecule has 0 unspecified atom stereocenters. The Hall–Kier alpha value is -4.27. The van der Waals surface area contributed by atoms with Crippen molar-refractivity contribution in [2.24, 2.45) is 0 Å². The fourth-order valence-corrected chi connectivity index (χ4v) is 3.39. The number of phenols is 1. The third-order valence-corrected chi connectivity index (χ3v) is 5.43. The Kier molecular flexibility index (Phi) is 9.48. The molecule has 0 bridgehead atoms. The Morgan fingerprint density at radius 2 is 1.68 bits per heavy atom. The van der Waals surface area contributed by atoms with Crippen molar-refractivity contribution < 1.29 is 37.7 Å². The molecule has 37 heavy (non-hydrogen) atoms. The maximum Gasteiger partial charge on any atom is 0.573 e. The van der Waals surface area contributed by atoms with Crippen molar-refractivity contribution in [2.75, 3.05) is 5.32 Å². The molecule has 0 aromatic heterocycles. The van der Waals surface area contributed by atoms with Crippen LogP contribution in [0.1, 0.15) is 46.5 Å². The van der Waals surface area contributed by atoms with Crippen molar-refractivity contribution in [3.63, 3.8) is 0 Å². The minimum absolute atomic E-state index is 0.170. The lowest BCUT2D eigenvalue weighted by Gasteiger charge is -2.12. The summed E-state index contributed by atoms with van der Waals surface area (Å²) in [7, 11) is 0. The average molecular weight is 516 g/mol. The second kappa shape index (κ2) is 12.1. The molecule has 0 radical (unpaired) electrons. The normalized spacial score (nSPS) is 12.9. The summed E-state index contributed by atoms with van der Waals surface area (Å²) in [4.78, 5) is 23.7. The molecule has 0 spiro atoms. The van der Waals surface area contributed by atoms with E-state index in [1.807, 2.05) is 45.9 Å². The van der Waals surface area contributed by atoms with E-state index in [0.717, 1.165) is 40.0 Å². The van der Waals surface area contributed by atoms with Crippen LogP contribution in [0.15, 0.2) is 65.8 Å². The van der Waals surface area contributed by atoms with E-state index in [1.165, 1.54) is 6.08 Å². The lowest BCUT2D eigenvalue weighted by atomic mass is 9.96. The Balaban J connectivity index is 2.10. The number of aromatic hydroxyl groups is 1. The first-order chi connectivity index (χ1) is 17.2. The van der Waals surface area contributed by atoms with Gasteiger partial charge in [-0.05, 0) is 86.7 Å². The number of aryl methyl sites for hydroxylation is 1. The van der Waals surface area contributed by atoms with E-state index in [9.17, 15) is 33.0 Å². The highest BCUT2D eigenvalue weighted by Gasteiger charge is 2.31. The first kappa shape index (κ1) is 29.0. The second-order valence-corrected chi connectivity index (χ2v) is 8.42. The van der Waals surface area contributed by atoms with Crippen molar-refractivity contribution in [3.05, 3.63) is 93.6 Å². The van der Waals surface area contributed by atoms with Crippen molar-refractivity contribution in [1.29, 1.82) is 0 Å². The monoisotopic (exact) mass is 515 g/mol. The van der Waals surface area contributed by atoms with Gasteiger partial charge in [0, 0.05) is 6.08 Å². The van der Waals surface area contributed by atoms with Crippen LogP contribution in [0.4, 0.5) is 18.9 Å². The molecule has 0 aliphatic rings. The molecule has 0 atom stereocenters. The van der Waals surface area contributed by atoms with Gasteiger partial charge in [-0.25, -0.2) is 4.79 Å². The summed E-state index contributed by atoms with van der Waals surface area (Å²) < 4.78 is 40.9. The van der Waals surface area contributed by atoms with Crippen LogP contribution in [0.3, 0.4) is 0 Å². The largest absolute Gasteiger partial charge is 0.573 e. The molecule has 2 aromatic rings. The number of carbonyl (C=O) groups is 2. The number of anilines is 1. The Morgan fingerprint density at radius 1 is 1.00 bits per heavy atom. The lowest BCUT2D eigenvalue weighted by Crippen LogP contribution is -2.18. The maximum atomic E-state index is 12.4.